The lowest BCUT2D eigenvalue weighted by molar-refractivity contribution is -0.118. The lowest BCUT2D eigenvalue weighted by atomic mass is 10.4. The average molecular weight is 201 g/mol. The third-order valence-electron chi connectivity index (χ3n) is 1.37. The first-order chi connectivity index (χ1) is 6.22. The number of carbonyl (C=O) groups excluding carboxylic acids is 1. The van der Waals surface area contributed by atoms with Gasteiger partial charge in [0.1, 0.15) is 0 Å². The average Bonchev–Trinajstić information content (AvgIpc) is 2.51. The molecule has 6 heteroatoms. The highest BCUT2D eigenvalue weighted by Gasteiger charge is 2.02. The molecule has 1 aromatic rings. The number of aryl methyl sites for hydroxylation is 1. The van der Waals surface area contributed by atoms with Crippen molar-refractivity contribution in [3.8, 4) is 0 Å². The predicted molar refractivity (Wildman–Crippen MR) is 49.6 cm³/mol. The van der Waals surface area contributed by atoms with Gasteiger partial charge in [0, 0.05) is 13.0 Å². The van der Waals surface area contributed by atoms with Crippen LogP contribution < -0.4 is 5.32 Å². The normalized spacial score (nSPS) is 10.0. The fourth-order valence-corrected chi connectivity index (χ4v) is 0.918. The molecule has 1 N–H and O–H groups in total. The molecule has 0 fully saturated rings. The summed E-state index contributed by atoms with van der Waals surface area (Å²) in [5, 5.41) is 6.27. The Morgan fingerprint density at radius 2 is 2.46 bits per heavy atom. The van der Waals surface area contributed by atoms with Gasteiger partial charge in [0.25, 0.3) is 0 Å². The largest absolute Gasteiger partial charge is 0.355 e. The molecule has 72 valence electrons. The van der Waals surface area contributed by atoms with Crippen LogP contribution in [0.25, 0.3) is 0 Å². The van der Waals surface area contributed by atoms with Crippen LogP contribution >= 0.6 is 12.6 Å². The Morgan fingerprint density at radius 3 is 3.00 bits per heavy atom. The first-order valence-electron chi connectivity index (χ1n) is 3.89. The SMILES string of the molecule is Cc1noc(CCNC(=O)CS)n1. The van der Waals surface area contributed by atoms with Crippen molar-refractivity contribution in [1.29, 1.82) is 0 Å². The highest BCUT2D eigenvalue weighted by molar-refractivity contribution is 7.81. The monoisotopic (exact) mass is 201 g/mol. The molecule has 0 saturated carbocycles. The van der Waals surface area contributed by atoms with E-state index in [-0.39, 0.29) is 11.7 Å². The Balaban J connectivity index is 2.24. The summed E-state index contributed by atoms with van der Waals surface area (Å²) in [6.45, 7) is 2.25. The first-order valence-corrected chi connectivity index (χ1v) is 4.52. The number of hydrogen-bond donors (Lipinski definition) is 2. The van der Waals surface area contributed by atoms with Crippen molar-refractivity contribution in [2.24, 2.45) is 0 Å². The number of nitrogens with one attached hydrogen (secondary N) is 1. The van der Waals surface area contributed by atoms with Gasteiger partial charge in [0.2, 0.25) is 11.8 Å². The van der Waals surface area contributed by atoms with E-state index in [9.17, 15) is 4.79 Å². The molecular weight excluding hydrogens is 190 g/mol. The molecule has 0 spiro atoms. The molecule has 0 saturated heterocycles. The summed E-state index contributed by atoms with van der Waals surface area (Å²) in [6.07, 6.45) is 0.556. The summed E-state index contributed by atoms with van der Waals surface area (Å²) in [5.41, 5.74) is 0. The van der Waals surface area contributed by atoms with Gasteiger partial charge in [0.15, 0.2) is 5.82 Å². The van der Waals surface area contributed by atoms with Gasteiger partial charge in [-0.15, -0.1) is 0 Å². The van der Waals surface area contributed by atoms with E-state index in [1.54, 1.807) is 6.92 Å². The number of aromatic nitrogens is 2. The van der Waals surface area contributed by atoms with Crippen LogP contribution in [0.3, 0.4) is 0 Å². The third kappa shape index (κ3) is 3.45. The van der Waals surface area contributed by atoms with E-state index in [1.807, 2.05) is 0 Å². The molecule has 13 heavy (non-hydrogen) atoms. The van der Waals surface area contributed by atoms with E-state index < -0.39 is 0 Å². The van der Waals surface area contributed by atoms with Crippen LogP contribution in [0.15, 0.2) is 4.52 Å². The lowest BCUT2D eigenvalue weighted by Gasteiger charge is -1.98. The second kappa shape index (κ2) is 4.86. The molecule has 0 aliphatic rings. The molecule has 0 aliphatic carbocycles. The summed E-state index contributed by atoms with van der Waals surface area (Å²) < 4.78 is 4.85. The Labute approximate surface area is 81.3 Å². The molecule has 1 amide bonds. The number of nitrogens with zero attached hydrogens (tertiary/aromatic N) is 2. The molecule has 1 aromatic heterocycles. The summed E-state index contributed by atoms with van der Waals surface area (Å²) in [7, 11) is 0. The van der Waals surface area contributed by atoms with Gasteiger partial charge in [-0.25, -0.2) is 0 Å². The second-order valence-corrected chi connectivity index (χ2v) is 2.81. The van der Waals surface area contributed by atoms with Crippen LogP contribution in [0.4, 0.5) is 0 Å². The molecule has 0 unspecified atom stereocenters. The van der Waals surface area contributed by atoms with Gasteiger partial charge < -0.3 is 9.84 Å². The van der Waals surface area contributed by atoms with Crippen molar-refractivity contribution >= 4 is 18.5 Å². The zero-order valence-corrected chi connectivity index (χ0v) is 8.17. The highest BCUT2D eigenvalue weighted by atomic mass is 32.1. The molecule has 1 rings (SSSR count). The molecule has 1 heterocycles. The van der Waals surface area contributed by atoms with Crippen LogP contribution in [0.2, 0.25) is 0 Å². The van der Waals surface area contributed by atoms with Gasteiger partial charge in [-0.05, 0) is 6.92 Å². The van der Waals surface area contributed by atoms with E-state index in [4.69, 9.17) is 4.52 Å². The van der Waals surface area contributed by atoms with E-state index in [1.165, 1.54) is 0 Å². The van der Waals surface area contributed by atoms with Crippen molar-refractivity contribution in [3.05, 3.63) is 11.7 Å². The molecule has 0 aromatic carbocycles. The van der Waals surface area contributed by atoms with Crippen molar-refractivity contribution in [2.75, 3.05) is 12.3 Å². The Kier molecular flexibility index (Phi) is 3.75. The van der Waals surface area contributed by atoms with Crippen molar-refractivity contribution in [2.45, 2.75) is 13.3 Å². The Morgan fingerprint density at radius 1 is 1.69 bits per heavy atom. The van der Waals surface area contributed by atoms with Crippen molar-refractivity contribution in [3.63, 3.8) is 0 Å². The first kappa shape index (κ1) is 10.0. The number of carbonyl (C=O) groups is 1. The standard InChI is InChI=1S/C7H11N3O2S/c1-5-9-7(12-10-5)2-3-8-6(11)4-13/h13H,2-4H2,1H3,(H,8,11). The zero-order valence-electron chi connectivity index (χ0n) is 7.28. The van der Waals surface area contributed by atoms with Crippen LogP contribution in [0, 0.1) is 6.92 Å². The van der Waals surface area contributed by atoms with Crippen molar-refractivity contribution < 1.29 is 9.32 Å². The predicted octanol–water partition coefficient (Wildman–Crippen LogP) is -0.0335. The van der Waals surface area contributed by atoms with Gasteiger partial charge in [-0.1, -0.05) is 5.16 Å². The van der Waals surface area contributed by atoms with Crippen LogP contribution in [0.5, 0.6) is 0 Å². The molecule has 0 bridgehead atoms. The summed E-state index contributed by atoms with van der Waals surface area (Å²) in [6, 6.07) is 0. The Bertz CT molecular complexity index is 287. The molecule has 5 nitrogen and oxygen atoms in total. The molecule has 0 atom stereocenters. The maximum absolute atomic E-state index is 10.8. The fraction of sp³-hybridized carbons (Fsp3) is 0.571. The van der Waals surface area contributed by atoms with Crippen LogP contribution in [-0.4, -0.2) is 28.3 Å². The fourth-order valence-electron chi connectivity index (χ4n) is 0.806. The smallest absolute Gasteiger partial charge is 0.229 e. The van der Waals surface area contributed by atoms with E-state index >= 15 is 0 Å². The van der Waals surface area contributed by atoms with Gasteiger partial charge >= 0.3 is 0 Å². The maximum Gasteiger partial charge on any atom is 0.229 e. The minimum Gasteiger partial charge on any atom is -0.355 e. The van der Waals surface area contributed by atoms with Gasteiger partial charge in [-0.2, -0.15) is 17.6 Å². The number of rotatable bonds is 4. The quantitative estimate of drug-likeness (QED) is 0.671. The van der Waals surface area contributed by atoms with E-state index in [0.717, 1.165) is 0 Å². The van der Waals surface area contributed by atoms with E-state index in [0.29, 0.717) is 24.7 Å². The topological polar surface area (TPSA) is 68.0 Å². The maximum atomic E-state index is 10.8. The minimum absolute atomic E-state index is 0.0976. The minimum atomic E-state index is -0.0976. The van der Waals surface area contributed by atoms with Gasteiger partial charge in [-0.3, -0.25) is 4.79 Å². The number of thiol groups is 1. The number of hydrogen-bond acceptors (Lipinski definition) is 5. The molecule has 0 aliphatic heterocycles. The zero-order chi connectivity index (χ0) is 9.68. The van der Waals surface area contributed by atoms with Crippen molar-refractivity contribution in [1.82, 2.24) is 15.5 Å². The molecular formula is C7H11N3O2S. The van der Waals surface area contributed by atoms with E-state index in [2.05, 4.69) is 28.1 Å². The lowest BCUT2D eigenvalue weighted by Crippen LogP contribution is -2.26. The Hall–Kier alpha value is -1.04. The highest BCUT2D eigenvalue weighted by Crippen LogP contribution is 1.95. The second-order valence-electron chi connectivity index (χ2n) is 2.49. The van der Waals surface area contributed by atoms with Crippen LogP contribution in [0.1, 0.15) is 11.7 Å². The van der Waals surface area contributed by atoms with Crippen LogP contribution in [-0.2, 0) is 11.2 Å². The number of amides is 1. The summed E-state index contributed by atoms with van der Waals surface area (Å²) >= 11 is 3.82. The van der Waals surface area contributed by atoms with Gasteiger partial charge in [0.05, 0.1) is 5.75 Å². The molecule has 0 radical (unpaired) electrons. The third-order valence-corrected chi connectivity index (χ3v) is 1.66. The summed E-state index contributed by atoms with van der Waals surface area (Å²) in [5.74, 6) is 1.25. The summed E-state index contributed by atoms with van der Waals surface area (Å²) in [4.78, 5) is 14.7.